The molecule has 3 rings (SSSR count). The third kappa shape index (κ3) is 3.09. The van der Waals surface area contributed by atoms with E-state index in [1.165, 1.54) is 0 Å². The van der Waals surface area contributed by atoms with Crippen molar-refractivity contribution in [2.75, 3.05) is 7.11 Å². The molecule has 0 aliphatic carbocycles. The van der Waals surface area contributed by atoms with Gasteiger partial charge in [0, 0.05) is 24.3 Å². The number of aryl methyl sites for hydroxylation is 2. The zero-order valence-electron chi connectivity index (χ0n) is 15.1. The number of hydrogen-bond donors (Lipinski definition) is 1. The Balaban J connectivity index is 1.90. The highest BCUT2D eigenvalue weighted by Crippen LogP contribution is 2.28. The number of nitrogens with one attached hydrogen (secondary N) is 1. The molecule has 0 fully saturated rings. The van der Waals surface area contributed by atoms with Gasteiger partial charge in [0.25, 0.3) is 5.91 Å². The van der Waals surface area contributed by atoms with Gasteiger partial charge in [0.2, 0.25) is 0 Å². The lowest BCUT2D eigenvalue weighted by atomic mass is 10.0. The van der Waals surface area contributed by atoms with Gasteiger partial charge in [-0.1, -0.05) is 30.3 Å². The zero-order chi connectivity index (χ0) is 18.0. The predicted molar refractivity (Wildman–Crippen MR) is 99.0 cm³/mol. The third-order valence-electron chi connectivity index (χ3n) is 4.55. The Morgan fingerprint density at radius 2 is 1.96 bits per heavy atom. The van der Waals surface area contributed by atoms with E-state index in [4.69, 9.17) is 4.74 Å². The van der Waals surface area contributed by atoms with Crippen LogP contribution in [0.5, 0.6) is 5.75 Å². The van der Waals surface area contributed by atoms with E-state index >= 15 is 0 Å². The Bertz CT molecular complexity index is 928. The summed E-state index contributed by atoms with van der Waals surface area (Å²) in [6.07, 6.45) is 0. The number of amides is 1. The van der Waals surface area contributed by atoms with Gasteiger partial charge >= 0.3 is 0 Å². The van der Waals surface area contributed by atoms with Crippen LogP contribution in [0.4, 0.5) is 0 Å². The fourth-order valence-corrected chi connectivity index (χ4v) is 3.28. The summed E-state index contributed by atoms with van der Waals surface area (Å²) in [6, 6.07) is 12.1. The monoisotopic (exact) mass is 337 g/mol. The van der Waals surface area contributed by atoms with Gasteiger partial charge in [0.05, 0.1) is 18.4 Å². The van der Waals surface area contributed by atoms with Crippen molar-refractivity contribution >= 4 is 16.7 Å². The number of methoxy groups -OCH3 is 1. The number of hydrogen-bond acceptors (Lipinski definition) is 3. The maximum absolute atomic E-state index is 12.7. The summed E-state index contributed by atoms with van der Waals surface area (Å²) in [4.78, 5) is 12.7. The van der Waals surface area contributed by atoms with Crippen LogP contribution < -0.4 is 10.1 Å². The molecule has 3 aromatic rings. The molecule has 130 valence electrons. The standard InChI is InChI=1S/C20H23N3O2/c1-5-23-14(3)19(13(2)22-23)20(24)21-12-17-16-9-7-6-8-15(16)10-11-18(17)25-4/h6-11H,5,12H2,1-4H3,(H,21,24). The van der Waals surface area contributed by atoms with Crippen molar-refractivity contribution in [3.05, 3.63) is 58.9 Å². The van der Waals surface area contributed by atoms with E-state index in [9.17, 15) is 4.79 Å². The largest absolute Gasteiger partial charge is 0.496 e. The van der Waals surface area contributed by atoms with Crippen LogP contribution >= 0.6 is 0 Å². The second-order valence-electron chi connectivity index (χ2n) is 6.01. The molecule has 1 amide bonds. The highest BCUT2D eigenvalue weighted by molar-refractivity contribution is 5.97. The molecule has 0 spiro atoms. The smallest absolute Gasteiger partial charge is 0.255 e. The minimum absolute atomic E-state index is 0.107. The molecule has 0 unspecified atom stereocenters. The van der Waals surface area contributed by atoms with Crippen LogP contribution in [0.3, 0.4) is 0 Å². The van der Waals surface area contributed by atoms with Crippen molar-refractivity contribution in [3.8, 4) is 5.75 Å². The maximum Gasteiger partial charge on any atom is 0.255 e. The van der Waals surface area contributed by atoms with Crippen molar-refractivity contribution in [1.29, 1.82) is 0 Å². The predicted octanol–water partition coefficient (Wildman–Crippen LogP) is 3.61. The molecule has 0 aliphatic heterocycles. The van der Waals surface area contributed by atoms with E-state index in [1.54, 1.807) is 7.11 Å². The molecule has 25 heavy (non-hydrogen) atoms. The Labute approximate surface area is 147 Å². The lowest BCUT2D eigenvalue weighted by Gasteiger charge is -2.13. The van der Waals surface area contributed by atoms with E-state index < -0.39 is 0 Å². The summed E-state index contributed by atoms with van der Waals surface area (Å²) < 4.78 is 7.34. The molecular weight excluding hydrogens is 314 g/mol. The number of rotatable bonds is 5. The summed E-state index contributed by atoms with van der Waals surface area (Å²) in [7, 11) is 1.65. The fourth-order valence-electron chi connectivity index (χ4n) is 3.28. The van der Waals surface area contributed by atoms with Crippen LogP contribution in [0, 0.1) is 13.8 Å². The summed E-state index contributed by atoms with van der Waals surface area (Å²) in [5, 5.41) is 9.66. The van der Waals surface area contributed by atoms with Gasteiger partial charge in [-0.3, -0.25) is 9.48 Å². The van der Waals surface area contributed by atoms with Gasteiger partial charge in [0.1, 0.15) is 5.75 Å². The molecule has 0 atom stereocenters. The molecule has 0 radical (unpaired) electrons. The van der Waals surface area contributed by atoms with Crippen LogP contribution in [-0.4, -0.2) is 22.8 Å². The first-order chi connectivity index (χ1) is 12.1. The number of fused-ring (bicyclic) bond motifs is 1. The quantitative estimate of drug-likeness (QED) is 0.774. The van der Waals surface area contributed by atoms with E-state index in [0.717, 1.165) is 40.0 Å². The third-order valence-corrected chi connectivity index (χ3v) is 4.55. The molecule has 2 aromatic carbocycles. The van der Waals surface area contributed by atoms with Crippen molar-refractivity contribution in [2.24, 2.45) is 0 Å². The summed E-state index contributed by atoms with van der Waals surface area (Å²) in [5.41, 5.74) is 3.28. The zero-order valence-corrected chi connectivity index (χ0v) is 15.1. The van der Waals surface area contributed by atoms with Gasteiger partial charge in [-0.25, -0.2) is 0 Å². The first kappa shape index (κ1) is 17.0. The molecule has 1 heterocycles. The van der Waals surface area contributed by atoms with Crippen molar-refractivity contribution in [2.45, 2.75) is 33.9 Å². The highest BCUT2D eigenvalue weighted by Gasteiger charge is 2.18. The van der Waals surface area contributed by atoms with E-state index in [0.29, 0.717) is 12.1 Å². The van der Waals surface area contributed by atoms with Crippen LogP contribution in [-0.2, 0) is 13.1 Å². The molecule has 1 aromatic heterocycles. The lowest BCUT2D eigenvalue weighted by Crippen LogP contribution is -2.24. The number of benzene rings is 2. The lowest BCUT2D eigenvalue weighted by molar-refractivity contribution is 0.0949. The SMILES string of the molecule is CCn1nc(C)c(C(=O)NCc2c(OC)ccc3ccccc23)c1C. The van der Waals surface area contributed by atoms with Gasteiger partial charge in [0.15, 0.2) is 0 Å². The van der Waals surface area contributed by atoms with Crippen molar-refractivity contribution in [3.63, 3.8) is 0 Å². The Morgan fingerprint density at radius 1 is 1.20 bits per heavy atom. The molecule has 5 nitrogen and oxygen atoms in total. The van der Waals surface area contributed by atoms with E-state index in [-0.39, 0.29) is 5.91 Å². The molecule has 1 N–H and O–H groups in total. The van der Waals surface area contributed by atoms with Crippen molar-refractivity contribution in [1.82, 2.24) is 15.1 Å². The molecule has 0 bridgehead atoms. The molecule has 0 saturated carbocycles. The number of aromatic nitrogens is 2. The van der Waals surface area contributed by atoms with Crippen LogP contribution in [0.25, 0.3) is 10.8 Å². The van der Waals surface area contributed by atoms with Gasteiger partial charge < -0.3 is 10.1 Å². The second kappa shape index (κ2) is 6.97. The summed E-state index contributed by atoms with van der Waals surface area (Å²) in [5.74, 6) is 0.668. The topological polar surface area (TPSA) is 56.2 Å². The normalized spacial score (nSPS) is 10.9. The molecule has 0 aliphatic rings. The first-order valence-electron chi connectivity index (χ1n) is 8.43. The number of ether oxygens (including phenoxy) is 1. The average Bonchev–Trinajstić information content (AvgIpc) is 2.92. The highest BCUT2D eigenvalue weighted by atomic mass is 16.5. The number of nitrogens with zero attached hydrogens (tertiary/aromatic N) is 2. The minimum atomic E-state index is -0.107. The van der Waals surface area contributed by atoms with Crippen molar-refractivity contribution < 1.29 is 9.53 Å². The van der Waals surface area contributed by atoms with Gasteiger partial charge in [-0.15, -0.1) is 0 Å². The Hall–Kier alpha value is -2.82. The molecular formula is C20H23N3O2. The summed E-state index contributed by atoms with van der Waals surface area (Å²) >= 11 is 0. The summed E-state index contributed by atoms with van der Waals surface area (Å²) in [6.45, 7) is 6.96. The molecule has 5 heteroatoms. The Kier molecular flexibility index (Phi) is 4.74. The van der Waals surface area contributed by atoms with Crippen LogP contribution in [0.2, 0.25) is 0 Å². The molecule has 0 saturated heterocycles. The fraction of sp³-hybridized carbons (Fsp3) is 0.300. The Morgan fingerprint density at radius 3 is 2.64 bits per heavy atom. The second-order valence-corrected chi connectivity index (χ2v) is 6.01. The van der Waals surface area contributed by atoms with Gasteiger partial charge in [-0.05, 0) is 37.6 Å². The van der Waals surface area contributed by atoms with Crippen LogP contribution in [0.15, 0.2) is 36.4 Å². The first-order valence-corrected chi connectivity index (χ1v) is 8.43. The van der Waals surface area contributed by atoms with E-state index in [2.05, 4.69) is 16.5 Å². The van der Waals surface area contributed by atoms with Gasteiger partial charge in [-0.2, -0.15) is 5.10 Å². The number of carbonyl (C=O) groups is 1. The average molecular weight is 337 g/mol. The van der Waals surface area contributed by atoms with Crippen LogP contribution in [0.1, 0.15) is 34.2 Å². The van der Waals surface area contributed by atoms with E-state index in [1.807, 2.05) is 55.8 Å². The maximum atomic E-state index is 12.7. The minimum Gasteiger partial charge on any atom is -0.496 e. The number of carbonyl (C=O) groups excluding carboxylic acids is 1.